The van der Waals surface area contributed by atoms with Gasteiger partial charge in [-0.15, -0.1) is 0 Å². The van der Waals surface area contributed by atoms with E-state index < -0.39 is 11.6 Å². The van der Waals surface area contributed by atoms with Crippen molar-refractivity contribution in [3.63, 3.8) is 0 Å². The van der Waals surface area contributed by atoms with E-state index in [1.807, 2.05) is 0 Å². The van der Waals surface area contributed by atoms with Crippen molar-refractivity contribution in [2.45, 2.75) is 37.7 Å². The highest BCUT2D eigenvalue weighted by molar-refractivity contribution is 5.94. The van der Waals surface area contributed by atoms with Gasteiger partial charge in [-0.1, -0.05) is 31.4 Å². The molecule has 2 rings (SSSR count). The van der Waals surface area contributed by atoms with Gasteiger partial charge in [0.05, 0.1) is 11.2 Å². The first-order valence-corrected chi connectivity index (χ1v) is 6.39. The van der Waals surface area contributed by atoms with Gasteiger partial charge in [-0.05, 0) is 25.0 Å². The molecule has 0 spiro atoms. The minimum absolute atomic E-state index is 0.247. The fourth-order valence-corrected chi connectivity index (χ4v) is 2.47. The second-order valence-electron chi connectivity index (χ2n) is 4.99. The van der Waals surface area contributed by atoms with E-state index in [0.29, 0.717) is 12.2 Å². The van der Waals surface area contributed by atoms with E-state index >= 15 is 0 Å². The van der Waals surface area contributed by atoms with Crippen molar-refractivity contribution in [3.05, 3.63) is 29.8 Å². The lowest BCUT2D eigenvalue weighted by Crippen LogP contribution is -2.39. The zero-order valence-corrected chi connectivity index (χ0v) is 10.4. The number of hydrogen-bond acceptors (Lipinski definition) is 3. The second kappa shape index (κ2) is 5.40. The van der Waals surface area contributed by atoms with E-state index in [1.165, 1.54) is 6.42 Å². The first-order valence-electron chi connectivity index (χ1n) is 6.39. The Kier molecular flexibility index (Phi) is 3.87. The van der Waals surface area contributed by atoms with Crippen molar-refractivity contribution in [3.8, 4) is 0 Å². The Morgan fingerprint density at radius 2 is 1.89 bits per heavy atom. The van der Waals surface area contributed by atoms with Gasteiger partial charge in [0.1, 0.15) is 0 Å². The van der Waals surface area contributed by atoms with Crippen LogP contribution in [0.5, 0.6) is 0 Å². The van der Waals surface area contributed by atoms with Crippen molar-refractivity contribution >= 4 is 11.7 Å². The van der Waals surface area contributed by atoms with Crippen LogP contribution in [0.3, 0.4) is 0 Å². The minimum atomic E-state index is -0.950. The summed E-state index contributed by atoms with van der Waals surface area (Å²) in [5.41, 5.74) is 0.130. The molecule has 0 bridgehead atoms. The fraction of sp³-hybridized carbons (Fsp3) is 0.500. The molecule has 0 radical (unpaired) electrons. The summed E-state index contributed by atoms with van der Waals surface area (Å²) in [6, 6.07) is 6.79. The average Bonchev–Trinajstić information content (AvgIpc) is 2.38. The van der Waals surface area contributed by atoms with Crippen LogP contribution >= 0.6 is 0 Å². The Balaban J connectivity index is 2.03. The Labute approximate surface area is 107 Å². The highest BCUT2D eigenvalue weighted by Gasteiger charge is 2.29. The summed E-state index contributed by atoms with van der Waals surface area (Å²) in [6.07, 6.45) is 4.83. The molecule has 18 heavy (non-hydrogen) atoms. The summed E-state index contributed by atoms with van der Waals surface area (Å²) in [6.45, 7) is 0.414. The van der Waals surface area contributed by atoms with Gasteiger partial charge in [0.25, 0.3) is 0 Å². The predicted molar refractivity (Wildman–Crippen MR) is 69.9 cm³/mol. The van der Waals surface area contributed by atoms with Crippen LogP contribution in [0.2, 0.25) is 0 Å². The third-order valence-corrected chi connectivity index (χ3v) is 3.55. The van der Waals surface area contributed by atoms with Crippen molar-refractivity contribution < 1.29 is 15.0 Å². The number of benzene rings is 1. The molecule has 1 aromatic carbocycles. The molecule has 1 aliphatic rings. The van der Waals surface area contributed by atoms with Crippen LogP contribution in [0.25, 0.3) is 0 Å². The highest BCUT2D eigenvalue weighted by Crippen LogP contribution is 2.28. The smallest absolute Gasteiger partial charge is 0.337 e. The molecule has 3 N–H and O–H groups in total. The average molecular weight is 249 g/mol. The summed E-state index contributed by atoms with van der Waals surface area (Å²) in [7, 11) is 0. The van der Waals surface area contributed by atoms with Gasteiger partial charge in [-0.2, -0.15) is 0 Å². The standard InChI is InChI=1S/C14H19NO3/c16-13(17)11-6-2-3-7-12(11)15-10-14(18)8-4-1-5-9-14/h2-3,6-7,15,18H,1,4-5,8-10H2,(H,16,17). The minimum Gasteiger partial charge on any atom is -0.478 e. The molecule has 0 unspecified atom stereocenters. The molecule has 0 amide bonds. The Hall–Kier alpha value is -1.55. The van der Waals surface area contributed by atoms with E-state index in [9.17, 15) is 9.90 Å². The molecule has 0 saturated heterocycles. The number of aliphatic hydroxyl groups is 1. The highest BCUT2D eigenvalue weighted by atomic mass is 16.4. The number of carboxylic acids is 1. The SMILES string of the molecule is O=C(O)c1ccccc1NCC1(O)CCCCC1. The van der Waals surface area contributed by atoms with E-state index in [1.54, 1.807) is 24.3 Å². The topological polar surface area (TPSA) is 69.6 Å². The van der Waals surface area contributed by atoms with Gasteiger partial charge in [0.2, 0.25) is 0 Å². The Morgan fingerprint density at radius 1 is 1.22 bits per heavy atom. The molecular weight excluding hydrogens is 230 g/mol. The maximum Gasteiger partial charge on any atom is 0.337 e. The molecule has 0 aromatic heterocycles. The molecule has 1 aliphatic carbocycles. The van der Waals surface area contributed by atoms with Gasteiger partial charge < -0.3 is 15.5 Å². The Bertz CT molecular complexity index is 425. The molecule has 0 heterocycles. The summed E-state index contributed by atoms with van der Waals surface area (Å²) in [4.78, 5) is 11.1. The molecule has 4 heteroatoms. The van der Waals surface area contributed by atoms with Crippen LogP contribution in [0.4, 0.5) is 5.69 Å². The monoisotopic (exact) mass is 249 g/mol. The lowest BCUT2D eigenvalue weighted by atomic mass is 9.85. The van der Waals surface area contributed by atoms with Crippen LogP contribution in [-0.4, -0.2) is 28.3 Å². The van der Waals surface area contributed by atoms with Gasteiger partial charge >= 0.3 is 5.97 Å². The molecule has 0 aliphatic heterocycles. The number of rotatable bonds is 4. The molecule has 1 saturated carbocycles. The zero-order chi connectivity index (χ0) is 13.0. The second-order valence-corrected chi connectivity index (χ2v) is 4.99. The number of anilines is 1. The van der Waals surface area contributed by atoms with Crippen LogP contribution in [0.15, 0.2) is 24.3 Å². The maximum absolute atomic E-state index is 11.1. The van der Waals surface area contributed by atoms with E-state index in [-0.39, 0.29) is 5.56 Å². The first-order chi connectivity index (χ1) is 8.61. The van der Waals surface area contributed by atoms with Gasteiger partial charge in [0, 0.05) is 12.2 Å². The number of carbonyl (C=O) groups is 1. The fourth-order valence-electron chi connectivity index (χ4n) is 2.47. The largest absolute Gasteiger partial charge is 0.478 e. The zero-order valence-electron chi connectivity index (χ0n) is 10.4. The molecule has 4 nitrogen and oxygen atoms in total. The van der Waals surface area contributed by atoms with Crippen LogP contribution in [0.1, 0.15) is 42.5 Å². The summed E-state index contributed by atoms with van der Waals surface area (Å²) < 4.78 is 0. The molecular formula is C14H19NO3. The van der Waals surface area contributed by atoms with Crippen LogP contribution in [0, 0.1) is 0 Å². The number of hydrogen-bond donors (Lipinski definition) is 3. The summed E-state index contributed by atoms with van der Waals surface area (Å²) in [5, 5.41) is 22.5. The van der Waals surface area contributed by atoms with Crippen LogP contribution in [-0.2, 0) is 0 Å². The van der Waals surface area contributed by atoms with Gasteiger partial charge in [-0.3, -0.25) is 0 Å². The quantitative estimate of drug-likeness (QED) is 0.766. The third kappa shape index (κ3) is 3.01. The summed E-state index contributed by atoms with van der Waals surface area (Å²) >= 11 is 0. The molecule has 1 aromatic rings. The van der Waals surface area contributed by atoms with E-state index in [0.717, 1.165) is 25.7 Å². The van der Waals surface area contributed by atoms with E-state index in [2.05, 4.69) is 5.32 Å². The van der Waals surface area contributed by atoms with Crippen molar-refractivity contribution in [2.75, 3.05) is 11.9 Å². The number of para-hydroxylation sites is 1. The van der Waals surface area contributed by atoms with Crippen LogP contribution < -0.4 is 5.32 Å². The van der Waals surface area contributed by atoms with Crippen molar-refractivity contribution in [1.82, 2.24) is 0 Å². The lowest BCUT2D eigenvalue weighted by Gasteiger charge is -2.32. The molecule has 0 atom stereocenters. The van der Waals surface area contributed by atoms with E-state index in [4.69, 9.17) is 5.11 Å². The van der Waals surface area contributed by atoms with Crippen molar-refractivity contribution in [2.24, 2.45) is 0 Å². The lowest BCUT2D eigenvalue weighted by molar-refractivity contribution is 0.0166. The first kappa shape index (κ1) is 12.9. The van der Waals surface area contributed by atoms with Gasteiger partial charge in [-0.25, -0.2) is 4.79 Å². The van der Waals surface area contributed by atoms with Crippen molar-refractivity contribution in [1.29, 1.82) is 0 Å². The number of aromatic carboxylic acids is 1. The predicted octanol–water partition coefficient (Wildman–Crippen LogP) is 2.49. The molecule has 1 fully saturated rings. The number of nitrogens with one attached hydrogen (secondary N) is 1. The van der Waals surface area contributed by atoms with Gasteiger partial charge in [0.15, 0.2) is 0 Å². The maximum atomic E-state index is 11.1. The Morgan fingerprint density at radius 3 is 2.56 bits per heavy atom. The summed E-state index contributed by atoms with van der Waals surface area (Å²) in [5.74, 6) is -0.950. The number of carboxylic acid groups (broad SMARTS) is 1. The molecule has 98 valence electrons. The normalized spacial score (nSPS) is 18.3. The third-order valence-electron chi connectivity index (χ3n) is 3.55.